The van der Waals surface area contributed by atoms with Crippen LogP contribution in [0.1, 0.15) is 24.2 Å². The van der Waals surface area contributed by atoms with Gasteiger partial charge < -0.3 is 24.7 Å². The number of nitrogens with zero attached hydrogens (tertiary/aromatic N) is 2. The number of anilines is 1. The minimum Gasteiger partial charge on any atom is -0.497 e. The number of ether oxygens (including phenoxy) is 2. The Kier molecular flexibility index (Phi) is 8.05. The molecule has 8 nitrogen and oxygen atoms in total. The quantitative estimate of drug-likeness (QED) is 0.493. The molecule has 0 saturated carbocycles. The minimum atomic E-state index is -0.668. The number of carbonyl (C=O) groups excluding carboxylic acids is 2. The van der Waals surface area contributed by atoms with Crippen LogP contribution < -0.4 is 15.4 Å². The SMILES string of the molecule is COc1ccc(C(=O)NC(C(=O)Nc2ccc3c(ccn3CCN3CCOCC3)c2)C(C)C)cc1. The number of nitrogens with one attached hydrogen (secondary N) is 2. The molecule has 0 bridgehead atoms. The van der Waals surface area contributed by atoms with Gasteiger partial charge in [-0.2, -0.15) is 0 Å². The van der Waals surface area contributed by atoms with Crippen molar-refractivity contribution in [3.8, 4) is 5.75 Å². The molecular formula is C27H34N4O4. The molecule has 186 valence electrons. The Morgan fingerprint density at radius 1 is 1.03 bits per heavy atom. The number of carbonyl (C=O) groups is 2. The highest BCUT2D eigenvalue weighted by Crippen LogP contribution is 2.21. The molecule has 0 aliphatic carbocycles. The van der Waals surface area contributed by atoms with Crippen LogP contribution in [-0.2, 0) is 16.1 Å². The topological polar surface area (TPSA) is 84.8 Å². The monoisotopic (exact) mass is 478 g/mol. The van der Waals surface area contributed by atoms with Crippen LogP contribution in [0.2, 0.25) is 0 Å². The summed E-state index contributed by atoms with van der Waals surface area (Å²) < 4.78 is 12.8. The van der Waals surface area contributed by atoms with Crippen molar-refractivity contribution in [2.45, 2.75) is 26.4 Å². The fourth-order valence-corrected chi connectivity index (χ4v) is 4.27. The fourth-order valence-electron chi connectivity index (χ4n) is 4.27. The number of rotatable bonds is 9. The Labute approximate surface area is 206 Å². The van der Waals surface area contributed by atoms with Gasteiger partial charge in [0.15, 0.2) is 0 Å². The molecular weight excluding hydrogens is 444 g/mol. The van der Waals surface area contributed by atoms with Crippen LogP contribution in [0.5, 0.6) is 5.75 Å². The number of hydrogen-bond donors (Lipinski definition) is 2. The van der Waals surface area contributed by atoms with Crippen molar-refractivity contribution in [1.82, 2.24) is 14.8 Å². The molecule has 35 heavy (non-hydrogen) atoms. The molecule has 2 heterocycles. The smallest absolute Gasteiger partial charge is 0.251 e. The zero-order valence-corrected chi connectivity index (χ0v) is 20.6. The van der Waals surface area contributed by atoms with Gasteiger partial charge in [0.05, 0.1) is 20.3 Å². The van der Waals surface area contributed by atoms with Crippen molar-refractivity contribution in [1.29, 1.82) is 0 Å². The zero-order chi connectivity index (χ0) is 24.8. The lowest BCUT2D eigenvalue weighted by atomic mass is 10.0. The van der Waals surface area contributed by atoms with Gasteiger partial charge in [0, 0.05) is 54.5 Å². The molecule has 1 atom stereocenters. The molecule has 1 fully saturated rings. The molecule has 8 heteroatoms. The van der Waals surface area contributed by atoms with Crippen molar-refractivity contribution >= 4 is 28.4 Å². The Bertz CT molecular complexity index is 1150. The van der Waals surface area contributed by atoms with Crippen LogP contribution in [0.3, 0.4) is 0 Å². The molecule has 2 amide bonds. The van der Waals surface area contributed by atoms with Gasteiger partial charge in [-0.05, 0) is 54.4 Å². The van der Waals surface area contributed by atoms with Crippen LogP contribution >= 0.6 is 0 Å². The van der Waals surface area contributed by atoms with Crippen molar-refractivity contribution in [2.75, 3.05) is 45.3 Å². The number of fused-ring (bicyclic) bond motifs is 1. The predicted molar refractivity (Wildman–Crippen MR) is 137 cm³/mol. The summed E-state index contributed by atoms with van der Waals surface area (Å²) in [6.07, 6.45) is 2.09. The number of methoxy groups -OCH3 is 1. The lowest BCUT2D eigenvalue weighted by Gasteiger charge is -2.26. The maximum Gasteiger partial charge on any atom is 0.251 e. The van der Waals surface area contributed by atoms with Gasteiger partial charge in [-0.1, -0.05) is 13.8 Å². The third-order valence-electron chi connectivity index (χ3n) is 6.39. The summed E-state index contributed by atoms with van der Waals surface area (Å²) in [6.45, 7) is 9.26. The van der Waals surface area contributed by atoms with E-state index in [1.807, 2.05) is 32.0 Å². The molecule has 4 rings (SSSR count). The molecule has 1 aliphatic heterocycles. The van der Waals surface area contributed by atoms with Gasteiger partial charge in [0.1, 0.15) is 11.8 Å². The summed E-state index contributed by atoms with van der Waals surface area (Å²) in [4.78, 5) is 28.2. The highest BCUT2D eigenvalue weighted by Gasteiger charge is 2.25. The number of amides is 2. The second kappa shape index (κ2) is 11.4. The third-order valence-corrected chi connectivity index (χ3v) is 6.39. The van der Waals surface area contributed by atoms with Crippen molar-refractivity contribution in [3.05, 3.63) is 60.3 Å². The van der Waals surface area contributed by atoms with Crippen molar-refractivity contribution < 1.29 is 19.1 Å². The maximum absolute atomic E-state index is 13.1. The summed E-state index contributed by atoms with van der Waals surface area (Å²) in [5.41, 5.74) is 2.31. The zero-order valence-electron chi connectivity index (χ0n) is 20.6. The first-order valence-electron chi connectivity index (χ1n) is 12.1. The van der Waals surface area contributed by atoms with Crippen LogP contribution in [0.15, 0.2) is 54.7 Å². The van der Waals surface area contributed by atoms with Gasteiger partial charge >= 0.3 is 0 Å². The Balaban J connectivity index is 1.39. The molecule has 1 aromatic heterocycles. The van der Waals surface area contributed by atoms with E-state index in [0.29, 0.717) is 17.0 Å². The van der Waals surface area contributed by atoms with E-state index in [1.165, 1.54) is 0 Å². The highest BCUT2D eigenvalue weighted by atomic mass is 16.5. The Hall–Kier alpha value is -3.36. The van der Waals surface area contributed by atoms with E-state index in [-0.39, 0.29) is 17.7 Å². The van der Waals surface area contributed by atoms with Crippen LogP contribution in [0.4, 0.5) is 5.69 Å². The van der Waals surface area contributed by atoms with E-state index in [1.54, 1.807) is 31.4 Å². The van der Waals surface area contributed by atoms with Crippen molar-refractivity contribution in [2.24, 2.45) is 5.92 Å². The molecule has 0 spiro atoms. The summed E-state index contributed by atoms with van der Waals surface area (Å²) >= 11 is 0. The summed E-state index contributed by atoms with van der Waals surface area (Å²) in [6, 6.07) is 14.1. The average Bonchev–Trinajstić information content (AvgIpc) is 3.28. The molecule has 1 unspecified atom stereocenters. The van der Waals surface area contributed by atoms with E-state index in [9.17, 15) is 9.59 Å². The lowest BCUT2D eigenvalue weighted by molar-refractivity contribution is -0.118. The second-order valence-electron chi connectivity index (χ2n) is 9.15. The average molecular weight is 479 g/mol. The predicted octanol–water partition coefficient (Wildman–Crippen LogP) is 3.38. The Morgan fingerprint density at radius 2 is 1.77 bits per heavy atom. The van der Waals surface area contributed by atoms with E-state index < -0.39 is 6.04 Å². The van der Waals surface area contributed by atoms with E-state index in [0.717, 1.165) is 50.3 Å². The molecule has 2 aromatic carbocycles. The van der Waals surface area contributed by atoms with Crippen molar-refractivity contribution in [3.63, 3.8) is 0 Å². The van der Waals surface area contributed by atoms with Gasteiger partial charge in [-0.15, -0.1) is 0 Å². The minimum absolute atomic E-state index is 0.0813. The lowest BCUT2D eigenvalue weighted by Crippen LogP contribution is -2.47. The molecule has 3 aromatic rings. The normalized spacial score (nSPS) is 15.2. The van der Waals surface area contributed by atoms with Gasteiger partial charge in [-0.25, -0.2) is 0 Å². The first-order valence-corrected chi connectivity index (χ1v) is 12.1. The largest absolute Gasteiger partial charge is 0.497 e. The third kappa shape index (κ3) is 6.21. The van der Waals surface area contributed by atoms with E-state index >= 15 is 0 Å². The first-order chi connectivity index (χ1) is 16.9. The van der Waals surface area contributed by atoms with Crippen LogP contribution in [0, 0.1) is 5.92 Å². The Morgan fingerprint density at radius 3 is 2.46 bits per heavy atom. The summed E-state index contributed by atoms with van der Waals surface area (Å²) in [5.74, 6) is 0.0504. The number of benzene rings is 2. The fraction of sp³-hybridized carbons (Fsp3) is 0.407. The van der Waals surface area contributed by atoms with E-state index in [2.05, 4.69) is 32.4 Å². The summed E-state index contributed by atoms with van der Waals surface area (Å²) in [5, 5.41) is 6.91. The number of aromatic nitrogens is 1. The van der Waals surface area contributed by atoms with Crippen LogP contribution in [-0.4, -0.2) is 67.3 Å². The van der Waals surface area contributed by atoms with Gasteiger partial charge in [-0.3, -0.25) is 14.5 Å². The molecule has 1 aliphatic rings. The number of morpholine rings is 1. The summed E-state index contributed by atoms with van der Waals surface area (Å²) in [7, 11) is 1.58. The second-order valence-corrected chi connectivity index (χ2v) is 9.15. The van der Waals surface area contributed by atoms with Gasteiger partial charge in [0.2, 0.25) is 5.91 Å². The first kappa shape index (κ1) is 24.8. The number of hydrogen-bond acceptors (Lipinski definition) is 5. The highest BCUT2D eigenvalue weighted by molar-refractivity contribution is 6.02. The maximum atomic E-state index is 13.1. The van der Waals surface area contributed by atoms with Gasteiger partial charge in [0.25, 0.3) is 5.91 Å². The molecule has 0 radical (unpaired) electrons. The van der Waals surface area contributed by atoms with Crippen LogP contribution in [0.25, 0.3) is 10.9 Å². The van der Waals surface area contributed by atoms with E-state index in [4.69, 9.17) is 9.47 Å². The molecule has 2 N–H and O–H groups in total. The standard InChI is InChI=1S/C27H34N4O4/c1-19(2)25(29-26(32)20-4-7-23(34-3)8-5-20)27(33)28-22-6-9-24-21(18-22)10-11-31(24)13-12-30-14-16-35-17-15-30/h4-11,18-19,25H,12-17H2,1-3H3,(H,28,33)(H,29,32). The molecule has 1 saturated heterocycles.